The molecule has 7 heteroatoms. The Balaban J connectivity index is 1.84. The van der Waals surface area contributed by atoms with Gasteiger partial charge in [0.15, 0.2) is 5.16 Å². The van der Waals surface area contributed by atoms with Crippen LogP contribution in [0.25, 0.3) is 0 Å². The third-order valence-corrected chi connectivity index (χ3v) is 4.07. The zero-order valence-corrected chi connectivity index (χ0v) is 11.6. The van der Waals surface area contributed by atoms with Gasteiger partial charge in [0, 0.05) is 12.5 Å². The van der Waals surface area contributed by atoms with Gasteiger partial charge in [0.25, 0.3) is 5.56 Å². The second kappa shape index (κ2) is 4.80. The summed E-state index contributed by atoms with van der Waals surface area (Å²) in [7, 11) is 0. The minimum Gasteiger partial charge on any atom is -0.424 e. The molecule has 0 fully saturated rings. The quantitative estimate of drug-likeness (QED) is 0.680. The van der Waals surface area contributed by atoms with Crippen molar-refractivity contribution in [3.63, 3.8) is 0 Å². The first-order valence-corrected chi connectivity index (χ1v) is 7.10. The largest absolute Gasteiger partial charge is 0.424 e. The molecule has 6 nitrogen and oxygen atoms in total. The fourth-order valence-corrected chi connectivity index (χ4v) is 3.01. The van der Waals surface area contributed by atoms with Gasteiger partial charge in [-0.25, -0.2) is 4.98 Å². The van der Waals surface area contributed by atoms with E-state index < -0.39 is 0 Å². The zero-order valence-electron chi connectivity index (χ0n) is 10.8. The maximum Gasteiger partial charge on any atom is 0.254 e. The van der Waals surface area contributed by atoms with Gasteiger partial charge in [-0.15, -0.1) is 10.2 Å². The summed E-state index contributed by atoms with van der Waals surface area (Å²) in [4.78, 5) is 19.2. The molecule has 1 N–H and O–H groups in total. The Morgan fingerprint density at radius 1 is 1.37 bits per heavy atom. The molecule has 0 bridgehead atoms. The Morgan fingerprint density at radius 2 is 2.21 bits per heavy atom. The molecule has 100 valence electrons. The summed E-state index contributed by atoms with van der Waals surface area (Å²) in [5.41, 5.74) is 1.75. The summed E-state index contributed by atoms with van der Waals surface area (Å²) < 4.78 is 5.38. The van der Waals surface area contributed by atoms with E-state index in [0.717, 1.165) is 30.5 Å². The summed E-state index contributed by atoms with van der Waals surface area (Å²) >= 11 is 1.43. The molecular weight excluding hydrogens is 264 g/mol. The van der Waals surface area contributed by atoms with Gasteiger partial charge in [0.05, 0.1) is 10.9 Å². The van der Waals surface area contributed by atoms with Crippen molar-refractivity contribution >= 4 is 11.8 Å². The van der Waals surface area contributed by atoms with Gasteiger partial charge in [0.2, 0.25) is 11.8 Å². The van der Waals surface area contributed by atoms with Gasteiger partial charge < -0.3 is 9.40 Å². The van der Waals surface area contributed by atoms with Crippen molar-refractivity contribution in [2.45, 2.75) is 43.5 Å². The molecule has 0 saturated heterocycles. The van der Waals surface area contributed by atoms with E-state index in [1.165, 1.54) is 11.8 Å². The van der Waals surface area contributed by atoms with Gasteiger partial charge in [-0.2, -0.15) is 0 Å². The summed E-state index contributed by atoms with van der Waals surface area (Å²) in [5.74, 6) is 1.09. The highest BCUT2D eigenvalue weighted by atomic mass is 32.2. The van der Waals surface area contributed by atoms with Gasteiger partial charge in [-0.3, -0.25) is 4.79 Å². The molecule has 3 rings (SSSR count). The van der Waals surface area contributed by atoms with Crippen LogP contribution in [0.5, 0.6) is 0 Å². The van der Waals surface area contributed by atoms with Crippen molar-refractivity contribution < 1.29 is 4.42 Å². The molecule has 2 aromatic heterocycles. The van der Waals surface area contributed by atoms with Gasteiger partial charge >= 0.3 is 0 Å². The van der Waals surface area contributed by atoms with Crippen LogP contribution in [-0.2, 0) is 12.8 Å². The van der Waals surface area contributed by atoms with Crippen molar-refractivity contribution in [3.8, 4) is 0 Å². The van der Waals surface area contributed by atoms with Crippen molar-refractivity contribution in [1.82, 2.24) is 20.2 Å². The lowest BCUT2D eigenvalue weighted by molar-refractivity contribution is 0.470. The number of rotatable bonds is 3. The summed E-state index contributed by atoms with van der Waals surface area (Å²) in [6, 6.07) is 0. The van der Waals surface area contributed by atoms with Crippen molar-refractivity contribution in [2.24, 2.45) is 0 Å². The Bertz CT molecular complexity index is 664. The fourth-order valence-electron chi connectivity index (χ4n) is 2.17. The molecule has 1 atom stereocenters. The van der Waals surface area contributed by atoms with E-state index in [4.69, 9.17) is 4.42 Å². The van der Waals surface area contributed by atoms with Gasteiger partial charge in [-0.05, 0) is 26.2 Å². The van der Waals surface area contributed by atoms with E-state index in [2.05, 4.69) is 20.2 Å². The fraction of sp³-hybridized carbons (Fsp3) is 0.500. The van der Waals surface area contributed by atoms with Crippen LogP contribution in [0.4, 0.5) is 0 Å². The number of aromatic amines is 1. The van der Waals surface area contributed by atoms with Crippen LogP contribution < -0.4 is 5.56 Å². The van der Waals surface area contributed by atoms with E-state index in [1.54, 1.807) is 6.92 Å². The lowest BCUT2D eigenvalue weighted by Gasteiger charge is -2.07. The number of fused-ring (bicyclic) bond motifs is 1. The third-order valence-electron chi connectivity index (χ3n) is 3.10. The van der Waals surface area contributed by atoms with Crippen LogP contribution >= 0.6 is 11.8 Å². The van der Waals surface area contributed by atoms with Crippen LogP contribution in [-0.4, -0.2) is 20.2 Å². The molecule has 0 radical (unpaired) electrons. The first kappa shape index (κ1) is 12.4. The number of hydrogen-bond donors (Lipinski definition) is 1. The minimum atomic E-state index is -0.0381. The number of hydrogen-bond acceptors (Lipinski definition) is 6. The molecule has 2 aromatic rings. The Kier molecular flexibility index (Phi) is 3.14. The highest BCUT2D eigenvalue weighted by Gasteiger charge is 2.20. The van der Waals surface area contributed by atoms with Crippen LogP contribution in [0.1, 0.15) is 41.6 Å². The maximum absolute atomic E-state index is 11.9. The van der Waals surface area contributed by atoms with E-state index >= 15 is 0 Å². The molecule has 0 amide bonds. The number of aromatic nitrogens is 4. The summed E-state index contributed by atoms with van der Waals surface area (Å²) in [6.45, 7) is 3.70. The Hall–Kier alpha value is -1.63. The number of nitrogens with one attached hydrogen (secondary N) is 1. The Morgan fingerprint density at radius 3 is 2.95 bits per heavy atom. The molecule has 0 aromatic carbocycles. The van der Waals surface area contributed by atoms with Gasteiger partial charge in [0.1, 0.15) is 0 Å². The number of thioether (sulfide) groups is 1. The topological polar surface area (TPSA) is 84.7 Å². The van der Waals surface area contributed by atoms with Gasteiger partial charge in [-0.1, -0.05) is 11.8 Å². The van der Waals surface area contributed by atoms with Crippen LogP contribution in [0.3, 0.4) is 0 Å². The third kappa shape index (κ3) is 2.42. The highest BCUT2D eigenvalue weighted by molar-refractivity contribution is 7.99. The van der Waals surface area contributed by atoms with E-state index in [-0.39, 0.29) is 10.8 Å². The molecule has 0 aliphatic heterocycles. The van der Waals surface area contributed by atoms with E-state index in [0.29, 0.717) is 16.9 Å². The first-order valence-electron chi connectivity index (χ1n) is 6.22. The molecule has 0 saturated carbocycles. The summed E-state index contributed by atoms with van der Waals surface area (Å²) in [6.07, 6.45) is 2.74. The van der Waals surface area contributed by atoms with Crippen LogP contribution in [0, 0.1) is 6.92 Å². The average Bonchev–Trinajstić information content (AvgIpc) is 2.97. The summed E-state index contributed by atoms with van der Waals surface area (Å²) in [5, 5.41) is 8.36. The molecule has 1 aliphatic carbocycles. The predicted octanol–water partition coefficient (Wildman–Crippen LogP) is 1.80. The van der Waals surface area contributed by atoms with Crippen molar-refractivity contribution in [3.05, 3.63) is 33.4 Å². The number of aryl methyl sites for hydroxylation is 2. The highest BCUT2D eigenvalue weighted by Crippen LogP contribution is 2.32. The second-order valence-electron chi connectivity index (χ2n) is 4.57. The Labute approximate surface area is 114 Å². The zero-order chi connectivity index (χ0) is 13.4. The lowest BCUT2D eigenvalue weighted by atomic mass is 10.3. The maximum atomic E-state index is 11.9. The van der Waals surface area contributed by atoms with Crippen LogP contribution in [0.15, 0.2) is 14.4 Å². The SMILES string of the molecule is Cc1nnc(C(C)Sc2nc3c(c(=O)[nH]2)CCC3)o1. The molecule has 0 spiro atoms. The lowest BCUT2D eigenvalue weighted by Crippen LogP contribution is -2.15. The molecule has 1 aliphatic rings. The standard InChI is InChI=1S/C12H14N4O2S/c1-6(11-16-15-7(2)18-11)19-12-13-9-5-3-4-8(9)10(17)14-12/h6H,3-5H2,1-2H3,(H,13,14,17). The number of H-pyrrole nitrogens is 1. The van der Waals surface area contributed by atoms with Crippen LogP contribution in [0.2, 0.25) is 0 Å². The predicted molar refractivity (Wildman–Crippen MR) is 70.2 cm³/mol. The average molecular weight is 278 g/mol. The molecule has 1 unspecified atom stereocenters. The molecule has 2 heterocycles. The molecular formula is C12H14N4O2S. The first-order chi connectivity index (χ1) is 9.13. The smallest absolute Gasteiger partial charge is 0.254 e. The number of nitrogens with zero attached hydrogens (tertiary/aromatic N) is 3. The normalized spacial score (nSPS) is 15.5. The second-order valence-corrected chi connectivity index (χ2v) is 5.90. The van der Waals surface area contributed by atoms with Crippen molar-refractivity contribution in [1.29, 1.82) is 0 Å². The van der Waals surface area contributed by atoms with Crippen molar-refractivity contribution in [2.75, 3.05) is 0 Å². The van der Waals surface area contributed by atoms with E-state index in [9.17, 15) is 4.79 Å². The monoisotopic (exact) mass is 278 g/mol. The van der Waals surface area contributed by atoms with E-state index in [1.807, 2.05) is 6.92 Å². The molecule has 19 heavy (non-hydrogen) atoms. The minimum absolute atomic E-state index is 0.0149.